The lowest BCUT2D eigenvalue weighted by Gasteiger charge is -2.25. The Morgan fingerprint density at radius 2 is 1.70 bits per heavy atom. The minimum atomic E-state index is -2.46. The van der Waals surface area contributed by atoms with Gasteiger partial charge in [-0.3, -0.25) is 0 Å². The highest BCUT2D eigenvalue weighted by Gasteiger charge is 2.37. The summed E-state index contributed by atoms with van der Waals surface area (Å²) in [7, 11) is 2.42. The Labute approximate surface area is 123 Å². The van der Waals surface area contributed by atoms with E-state index in [1.807, 2.05) is 0 Å². The van der Waals surface area contributed by atoms with Crippen LogP contribution in [0.15, 0.2) is 12.2 Å². The first kappa shape index (κ1) is 19.3. The van der Waals surface area contributed by atoms with E-state index in [1.54, 1.807) is 28.3 Å². The minimum Gasteiger partial charge on any atom is -0.462 e. The Balaban J connectivity index is 3.86. The molecule has 0 saturated heterocycles. The lowest BCUT2D eigenvalue weighted by atomic mass is 10.0. The topological polar surface area (TPSA) is 54.0 Å². The predicted molar refractivity (Wildman–Crippen MR) is 80.4 cm³/mol. The number of carbonyl (C=O) groups is 1. The zero-order valence-corrected chi connectivity index (χ0v) is 14.4. The highest BCUT2D eigenvalue weighted by molar-refractivity contribution is 6.60. The molecular weight excluding hydrogens is 276 g/mol. The van der Waals surface area contributed by atoms with Crippen LogP contribution in [0.1, 0.15) is 33.1 Å². The summed E-state index contributed by atoms with van der Waals surface area (Å²) in [5.41, 5.74) is 0.439. The van der Waals surface area contributed by atoms with Crippen molar-refractivity contribution >= 4 is 14.8 Å². The summed E-state index contributed by atoms with van der Waals surface area (Å²) in [5.74, 6) is 0.188. The number of ether oxygens (including phenoxy) is 1. The molecule has 0 aromatic carbocycles. The fraction of sp³-hybridized carbons (Fsp3) is 0.786. The van der Waals surface area contributed by atoms with Crippen LogP contribution >= 0.6 is 0 Å². The lowest BCUT2D eigenvalue weighted by Crippen LogP contribution is -2.42. The maximum Gasteiger partial charge on any atom is 0.500 e. The van der Waals surface area contributed by atoms with Crippen LogP contribution in [0.5, 0.6) is 0 Å². The second kappa shape index (κ2) is 10.1. The molecule has 5 nitrogen and oxygen atoms in total. The van der Waals surface area contributed by atoms with E-state index in [4.69, 9.17) is 18.0 Å². The van der Waals surface area contributed by atoms with E-state index in [2.05, 4.69) is 13.5 Å². The van der Waals surface area contributed by atoms with Crippen molar-refractivity contribution in [2.75, 3.05) is 27.9 Å². The molecule has 0 heterocycles. The van der Waals surface area contributed by atoms with Crippen molar-refractivity contribution in [1.29, 1.82) is 0 Å². The van der Waals surface area contributed by atoms with Gasteiger partial charge in [-0.15, -0.1) is 0 Å². The van der Waals surface area contributed by atoms with Crippen LogP contribution in [0.2, 0.25) is 6.04 Å². The van der Waals surface area contributed by atoms with Crippen LogP contribution < -0.4 is 0 Å². The van der Waals surface area contributed by atoms with E-state index in [1.165, 1.54) is 0 Å². The molecule has 20 heavy (non-hydrogen) atoms. The molecule has 0 aliphatic rings. The largest absolute Gasteiger partial charge is 0.500 e. The zero-order chi connectivity index (χ0) is 15.6. The van der Waals surface area contributed by atoms with Gasteiger partial charge < -0.3 is 18.0 Å². The van der Waals surface area contributed by atoms with Crippen molar-refractivity contribution in [2.45, 2.75) is 39.2 Å². The summed E-state index contributed by atoms with van der Waals surface area (Å²) >= 11 is 0. The van der Waals surface area contributed by atoms with Gasteiger partial charge in [-0.05, 0) is 32.1 Å². The van der Waals surface area contributed by atoms with Gasteiger partial charge >= 0.3 is 14.8 Å². The van der Waals surface area contributed by atoms with Gasteiger partial charge in [0, 0.05) is 32.9 Å². The average molecular weight is 304 g/mol. The second-order valence-corrected chi connectivity index (χ2v) is 8.09. The molecule has 0 aromatic heterocycles. The molecule has 0 spiro atoms. The average Bonchev–Trinajstić information content (AvgIpc) is 2.45. The van der Waals surface area contributed by atoms with Crippen molar-refractivity contribution in [2.24, 2.45) is 5.92 Å². The van der Waals surface area contributed by atoms with Crippen molar-refractivity contribution in [1.82, 2.24) is 0 Å². The standard InChI is InChI=1S/C14H28O5Si/c1-12(2)14(15)19-10-7-8-13(3)9-11-20(16-4,17-5)18-6/h13H,1,7-11H2,2-6H3. The maximum atomic E-state index is 11.2. The number of carbonyl (C=O) groups excluding carboxylic acids is 1. The summed E-state index contributed by atoms with van der Waals surface area (Å²) in [6, 6.07) is 0.795. The van der Waals surface area contributed by atoms with Gasteiger partial charge in [0.05, 0.1) is 6.61 Å². The third-order valence-electron chi connectivity index (χ3n) is 3.30. The Morgan fingerprint density at radius 3 is 2.15 bits per heavy atom. The molecule has 0 fully saturated rings. The van der Waals surface area contributed by atoms with Crippen molar-refractivity contribution < 1.29 is 22.8 Å². The molecule has 0 rings (SSSR count). The fourth-order valence-electron chi connectivity index (χ4n) is 1.84. The highest BCUT2D eigenvalue weighted by Crippen LogP contribution is 2.21. The summed E-state index contributed by atoms with van der Waals surface area (Å²) in [6.45, 7) is 7.80. The molecule has 0 aromatic rings. The van der Waals surface area contributed by atoms with Crippen LogP contribution in [0.25, 0.3) is 0 Å². The second-order valence-electron chi connectivity index (χ2n) is 5.00. The molecule has 0 amide bonds. The molecule has 0 bridgehead atoms. The quantitative estimate of drug-likeness (QED) is 0.254. The van der Waals surface area contributed by atoms with E-state index in [0.717, 1.165) is 25.3 Å². The third-order valence-corrected chi connectivity index (χ3v) is 6.07. The molecule has 1 unspecified atom stereocenters. The molecular formula is C14H28O5Si. The fourth-order valence-corrected chi connectivity index (χ4v) is 3.80. The number of hydrogen-bond donors (Lipinski definition) is 0. The number of esters is 1. The minimum absolute atomic E-state index is 0.317. The molecule has 1 atom stereocenters. The molecule has 0 aliphatic carbocycles. The van der Waals surface area contributed by atoms with E-state index >= 15 is 0 Å². The number of rotatable bonds is 11. The SMILES string of the molecule is C=C(C)C(=O)OCCCC(C)CC[Si](OC)(OC)OC. The predicted octanol–water partition coefficient (Wildman–Crippen LogP) is 2.79. The van der Waals surface area contributed by atoms with Gasteiger partial charge in [0.1, 0.15) is 0 Å². The van der Waals surface area contributed by atoms with Crippen LogP contribution in [0.4, 0.5) is 0 Å². The van der Waals surface area contributed by atoms with Crippen molar-refractivity contribution in [3.8, 4) is 0 Å². The first-order valence-corrected chi connectivity index (χ1v) is 8.82. The van der Waals surface area contributed by atoms with E-state index < -0.39 is 8.80 Å². The molecule has 6 heteroatoms. The highest BCUT2D eigenvalue weighted by atomic mass is 28.4. The normalized spacial score (nSPS) is 13.1. The Kier molecular flexibility index (Phi) is 9.74. The molecule has 0 aliphatic heterocycles. The molecule has 0 N–H and O–H groups in total. The Morgan fingerprint density at radius 1 is 1.15 bits per heavy atom. The van der Waals surface area contributed by atoms with Gasteiger partial charge in [-0.2, -0.15) is 0 Å². The van der Waals surface area contributed by atoms with E-state index in [9.17, 15) is 4.79 Å². The zero-order valence-electron chi connectivity index (χ0n) is 13.4. The van der Waals surface area contributed by atoms with Gasteiger partial charge in [0.2, 0.25) is 0 Å². The smallest absolute Gasteiger partial charge is 0.462 e. The van der Waals surface area contributed by atoms with Crippen LogP contribution in [0.3, 0.4) is 0 Å². The lowest BCUT2D eigenvalue weighted by molar-refractivity contribution is -0.139. The van der Waals surface area contributed by atoms with E-state index in [0.29, 0.717) is 18.1 Å². The maximum absolute atomic E-state index is 11.2. The van der Waals surface area contributed by atoms with E-state index in [-0.39, 0.29) is 5.97 Å². The first-order valence-electron chi connectivity index (χ1n) is 6.88. The summed E-state index contributed by atoms with van der Waals surface area (Å²) in [4.78, 5) is 11.2. The molecule has 0 saturated carbocycles. The van der Waals surface area contributed by atoms with Crippen LogP contribution in [0, 0.1) is 5.92 Å². The Bertz CT molecular complexity index is 294. The summed E-state index contributed by atoms with van der Waals surface area (Å²) < 4.78 is 21.2. The van der Waals surface area contributed by atoms with Gasteiger partial charge in [-0.1, -0.05) is 13.5 Å². The summed E-state index contributed by atoms with van der Waals surface area (Å²) in [5, 5.41) is 0. The molecule has 118 valence electrons. The van der Waals surface area contributed by atoms with Gasteiger partial charge in [0.25, 0.3) is 0 Å². The Hall–Kier alpha value is -0.693. The number of hydrogen-bond acceptors (Lipinski definition) is 5. The van der Waals surface area contributed by atoms with Gasteiger partial charge in [-0.25, -0.2) is 4.79 Å². The van der Waals surface area contributed by atoms with Crippen LogP contribution in [-0.4, -0.2) is 42.7 Å². The van der Waals surface area contributed by atoms with Gasteiger partial charge in [0.15, 0.2) is 0 Å². The van der Waals surface area contributed by atoms with Crippen molar-refractivity contribution in [3.63, 3.8) is 0 Å². The summed E-state index contributed by atoms with van der Waals surface area (Å²) in [6.07, 6.45) is 2.81. The third kappa shape index (κ3) is 7.19. The first-order chi connectivity index (χ1) is 9.40. The van der Waals surface area contributed by atoms with Crippen molar-refractivity contribution in [3.05, 3.63) is 12.2 Å². The monoisotopic (exact) mass is 304 g/mol. The van der Waals surface area contributed by atoms with Crippen LogP contribution in [-0.2, 0) is 22.8 Å². The molecule has 0 radical (unpaired) electrons.